The summed E-state index contributed by atoms with van der Waals surface area (Å²) >= 11 is 5.73. The molecule has 1 N–H and O–H groups in total. The predicted octanol–water partition coefficient (Wildman–Crippen LogP) is 6.45. The number of rotatable bonds is 11. The number of nitrogens with zero attached hydrogens (tertiary/aromatic N) is 4. The van der Waals surface area contributed by atoms with Crippen LogP contribution in [0, 0.1) is 22.7 Å². The van der Waals surface area contributed by atoms with Gasteiger partial charge in [0, 0.05) is 11.4 Å². The highest BCUT2D eigenvalue weighted by Crippen LogP contribution is 2.16. The molecule has 1 aromatic carbocycles. The van der Waals surface area contributed by atoms with Gasteiger partial charge in [0.05, 0.1) is 32.0 Å². The Morgan fingerprint density at radius 2 is 1.39 bits per heavy atom. The second-order valence-electron chi connectivity index (χ2n) is 8.13. The maximum Gasteiger partial charge on any atom is 0.231 e. The van der Waals surface area contributed by atoms with Gasteiger partial charge in [-0.05, 0) is 49.1 Å². The zero-order valence-electron chi connectivity index (χ0n) is 22.5. The first-order chi connectivity index (χ1) is 18.5. The van der Waals surface area contributed by atoms with E-state index < -0.39 is 0 Å². The van der Waals surface area contributed by atoms with Crippen molar-refractivity contribution in [2.45, 2.75) is 59.5 Å². The van der Waals surface area contributed by atoms with Crippen LogP contribution in [0.1, 0.15) is 68.1 Å². The first-order valence-electron chi connectivity index (χ1n) is 12.8. The molecule has 0 aliphatic rings. The van der Waals surface area contributed by atoms with Crippen molar-refractivity contribution < 1.29 is 14.6 Å². The summed E-state index contributed by atoms with van der Waals surface area (Å²) in [5.74, 6) is 0.477. The summed E-state index contributed by atoms with van der Waals surface area (Å²) in [4.78, 5) is 8.40. The molecule has 2 heterocycles. The molecular weight excluding hydrogens is 500 g/mol. The van der Waals surface area contributed by atoms with Crippen molar-refractivity contribution >= 4 is 11.6 Å². The molecule has 0 aliphatic heterocycles. The van der Waals surface area contributed by atoms with E-state index >= 15 is 0 Å². The number of hydrogen-bond donors (Lipinski definition) is 1. The Bertz CT molecular complexity index is 1140. The van der Waals surface area contributed by atoms with Crippen LogP contribution in [0.4, 0.5) is 0 Å². The monoisotopic (exact) mass is 536 g/mol. The summed E-state index contributed by atoms with van der Waals surface area (Å²) in [5.41, 5.74) is 4.03. The van der Waals surface area contributed by atoms with E-state index in [9.17, 15) is 0 Å². The van der Waals surface area contributed by atoms with Gasteiger partial charge in [-0.25, -0.2) is 9.97 Å². The van der Waals surface area contributed by atoms with E-state index in [4.69, 9.17) is 36.7 Å². The van der Waals surface area contributed by atoms with Crippen LogP contribution in [0.5, 0.6) is 5.88 Å². The van der Waals surface area contributed by atoms with Crippen molar-refractivity contribution in [3.8, 4) is 18.0 Å². The Hall–Kier alpha value is -3.49. The van der Waals surface area contributed by atoms with Gasteiger partial charge in [0.15, 0.2) is 0 Å². The lowest BCUT2D eigenvalue weighted by molar-refractivity contribution is 0.0815. The third-order valence-electron chi connectivity index (χ3n) is 4.87. The van der Waals surface area contributed by atoms with Gasteiger partial charge in [-0.1, -0.05) is 75.5 Å². The van der Waals surface area contributed by atoms with Gasteiger partial charge in [-0.3, -0.25) is 0 Å². The Labute approximate surface area is 231 Å². The summed E-state index contributed by atoms with van der Waals surface area (Å²) in [5, 5.41) is 26.2. The highest BCUT2D eigenvalue weighted by Gasteiger charge is 2.06. The number of benzene rings is 1. The maximum absolute atomic E-state index is 8.87. The van der Waals surface area contributed by atoms with Crippen LogP contribution in [0.3, 0.4) is 0 Å². The number of hydrogen-bond acceptors (Lipinski definition) is 7. The van der Waals surface area contributed by atoms with Gasteiger partial charge >= 0.3 is 0 Å². The minimum Gasteiger partial charge on any atom is -0.477 e. The molecule has 0 amide bonds. The predicted molar refractivity (Wildman–Crippen MR) is 150 cm³/mol. The summed E-state index contributed by atoms with van der Waals surface area (Å²) in [6.07, 6.45) is 4.84. The third kappa shape index (κ3) is 13.2. The maximum atomic E-state index is 8.87. The van der Waals surface area contributed by atoms with Crippen molar-refractivity contribution in [1.82, 2.24) is 9.97 Å². The number of aliphatic hydroxyl groups excluding tert-OH is 1. The molecule has 38 heavy (non-hydrogen) atoms. The first kappa shape index (κ1) is 32.5. The van der Waals surface area contributed by atoms with Crippen LogP contribution in [0.25, 0.3) is 0 Å². The molecule has 0 atom stereocenters. The van der Waals surface area contributed by atoms with Crippen molar-refractivity contribution in [2.75, 3.05) is 19.8 Å². The van der Waals surface area contributed by atoms with Gasteiger partial charge in [0.2, 0.25) is 5.88 Å². The zero-order valence-corrected chi connectivity index (χ0v) is 23.2. The molecule has 8 heteroatoms. The molecule has 0 aliphatic carbocycles. The Morgan fingerprint density at radius 3 is 1.92 bits per heavy atom. The number of aromatic nitrogens is 2. The highest BCUT2D eigenvalue weighted by molar-refractivity contribution is 6.30. The second-order valence-corrected chi connectivity index (χ2v) is 8.49. The van der Waals surface area contributed by atoms with Gasteiger partial charge in [-0.2, -0.15) is 10.5 Å². The lowest BCUT2D eigenvalue weighted by Crippen LogP contribution is -2.01. The molecule has 0 radical (unpaired) electrons. The van der Waals surface area contributed by atoms with E-state index in [0.29, 0.717) is 42.0 Å². The molecule has 0 saturated heterocycles. The van der Waals surface area contributed by atoms with Gasteiger partial charge in [0.25, 0.3) is 0 Å². The van der Waals surface area contributed by atoms with E-state index in [2.05, 4.69) is 29.9 Å². The number of aliphatic hydroxyl groups is 1. The van der Waals surface area contributed by atoms with Gasteiger partial charge in [-0.15, -0.1) is 0 Å². The Morgan fingerprint density at radius 1 is 0.789 bits per heavy atom. The summed E-state index contributed by atoms with van der Waals surface area (Å²) in [6, 6.07) is 21.2. The molecule has 3 rings (SSSR count). The minimum absolute atomic E-state index is 0.0901. The van der Waals surface area contributed by atoms with E-state index in [-0.39, 0.29) is 6.61 Å². The lowest BCUT2D eigenvalue weighted by Gasteiger charge is -2.07. The van der Waals surface area contributed by atoms with E-state index in [0.717, 1.165) is 49.1 Å². The molecule has 0 saturated carbocycles. The smallest absolute Gasteiger partial charge is 0.231 e. The number of halogens is 1. The minimum atomic E-state index is 0.0901. The normalized spacial score (nSPS) is 9.66. The number of pyridine rings is 2. The molecule has 0 spiro atoms. The molecular formula is C30H37ClN4O3. The summed E-state index contributed by atoms with van der Waals surface area (Å²) < 4.78 is 10.5. The lowest BCUT2D eigenvalue weighted by atomic mass is 10.2. The third-order valence-corrected chi connectivity index (χ3v) is 5.16. The molecule has 0 fully saturated rings. The highest BCUT2D eigenvalue weighted by atomic mass is 35.5. The molecule has 2 aromatic heterocycles. The van der Waals surface area contributed by atoms with Crippen molar-refractivity contribution in [1.29, 1.82) is 10.5 Å². The Kier molecular flexibility index (Phi) is 17.6. The van der Waals surface area contributed by atoms with Crippen molar-refractivity contribution in [3.05, 3.63) is 87.8 Å². The van der Waals surface area contributed by atoms with E-state index in [1.165, 1.54) is 0 Å². The fraction of sp³-hybridized carbons (Fsp3) is 0.400. The number of ether oxygens (including phenoxy) is 2. The number of aryl methyl sites for hydroxylation is 2. The Balaban J connectivity index is 0.000000289. The summed E-state index contributed by atoms with van der Waals surface area (Å²) in [7, 11) is 0. The van der Waals surface area contributed by atoms with Crippen LogP contribution in [-0.4, -0.2) is 34.9 Å². The van der Waals surface area contributed by atoms with Crippen molar-refractivity contribution in [3.63, 3.8) is 0 Å². The van der Waals surface area contributed by atoms with Crippen LogP contribution in [-0.2, 0) is 24.2 Å². The zero-order chi connectivity index (χ0) is 28.0. The first-order valence-corrected chi connectivity index (χ1v) is 13.2. The molecule has 202 valence electrons. The van der Waals surface area contributed by atoms with Crippen LogP contribution in [0.15, 0.2) is 54.6 Å². The molecule has 3 aromatic rings. The van der Waals surface area contributed by atoms with Crippen LogP contribution in [0.2, 0.25) is 5.15 Å². The van der Waals surface area contributed by atoms with Crippen LogP contribution < -0.4 is 4.74 Å². The molecule has 0 bridgehead atoms. The van der Waals surface area contributed by atoms with Crippen molar-refractivity contribution in [2.24, 2.45) is 0 Å². The van der Waals surface area contributed by atoms with E-state index in [1.807, 2.05) is 55.5 Å². The molecule has 0 unspecified atom stereocenters. The fourth-order valence-electron chi connectivity index (χ4n) is 3.05. The standard InChI is InChI=1S/C12H16N2O.C9H9ClN2.C9H12O2/c1-3-5-11-7-6-10(9-13)12(14-11)15-8-4-2;1-2-3-8-5-4-7(6-11)9(10)12-8;10-6-7-11-8-9-4-2-1-3-5-9/h6-7H,3-5,8H2,1-2H3;4-5H,2-3H2,1H3;1-5,10H,6-8H2. The van der Waals surface area contributed by atoms with Gasteiger partial charge in [0.1, 0.15) is 22.9 Å². The van der Waals surface area contributed by atoms with E-state index in [1.54, 1.807) is 12.1 Å². The summed E-state index contributed by atoms with van der Waals surface area (Å²) in [6.45, 7) is 7.91. The topological polar surface area (TPSA) is 112 Å². The SMILES string of the molecule is CCCOc1nc(CCC)ccc1C#N.CCCc1ccc(C#N)c(Cl)n1.OCCOCc1ccccc1. The largest absolute Gasteiger partial charge is 0.477 e. The van der Waals surface area contributed by atoms with Gasteiger partial charge < -0.3 is 14.6 Å². The fourth-order valence-corrected chi connectivity index (χ4v) is 3.26. The number of nitriles is 2. The quantitative estimate of drug-likeness (QED) is 0.221. The average molecular weight is 537 g/mol. The molecule has 7 nitrogen and oxygen atoms in total. The average Bonchev–Trinajstić information content (AvgIpc) is 2.94. The van der Waals surface area contributed by atoms with Crippen LogP contribution >= 0.6 is 11.6 Å². The second kappa shape index (κ2) is 20.6.